The number of piperazine rings is 1. The van der Waals surface area contributed by atoms with Gasteiger partial charge in [-0.05, 0) is 26.8 Å². The number of hydrogen-bond acceptors (Lipinski definition) is 2. The highest BCUT2D eigenvalue weighted by atomic mass is 15.3. The van der Waals surface area contributed by atoms with E-state index in [-0.39, 0.29) is 0 Å². The molecule has 2 heteroatoms. The minimum atomic E-state index is 0.669. The molecule has 0 aromatic rings. The second kappa shape index (κ2) is 5.40. The Bertz CT molecular complexity index is 189. The highest BCUT2D eigenvalue weighted by Crippen LogP contribution is 2.15. The van der Waals surface area contributed by atoms with Crippen LogP contribution in [0, 0.1) is 0 Å². The summed E-state index contributed by atoms with van der Waals surface area (Å²) in [5, 5.41) is 0. The van der Waals surface area contributed by atoms with Crippen molar-refractivity contribution in [2.24, 2.45) is 0 Å². The summed E-state index contributed by atoms with van der Waals surface area (Å²) in [5.41, 5.74) is 1.34. The molecule has 1 unspecified atom stereocenters. The lowest BCUT2D eigenvalue weighted by molar-refractivity contribution is 0.127. The van der Waals surface area contributed by atoms with Crippen molar-refractivity contribution in [3.05, 3.63) is 12.3 Å². The maximum absolute atomic E-state index is 4.18. The predicted molar refractivity (Wildman–Crippen MR) is 62.3 cm³/mol. The molecule has 1 fully saturated rings. The topological polar surface area (TPSA) is 6.48 Å². The zero-order valence-electron chi connectivity index (χ0n) is 9.92. The van der Waals surface area contributed by atoms with Gasteiger partial charge in [-0.25, -0.2) is 0 Å². The van der Waals surface area contributed by atoms with Gasteiger partial charge in [-0.1, -0.05) is 19.9 Å². The summed E-state index contributed by atoms with van der Waals surface area (Å²) in [7, 11) is 2.21. The minimum absolute atomic E-state index is 0.669. The summed E-state index contributed by atoms with van der Waals surface area (Å²) >= 11 is 0. The molecule has 0 spiro atoms. The molecule has 1 saturated heterocycles. The molecule has 2 nitrogen and oxygen atoms in total. The van der Waals surface area contributed by atoms with Gasteiger partial charge in [-0.15, -0.1) is 0 Å². The van der Waals surface area contributed by atoms with Crippen molar-refractivity contribution in [3.8, 4) is 0 Å². The van der Waals surface area contributed by atoms with Crippen molar-refractivity contribution in [2.75, 3.05) is 26.7 Å². The van der Waals surface area contributed by atoms with Crippen LogP contribution in [0.2, 0.25) is 0 Å². The zero-order chi connectivity index (χ0) is 10.6. The monoisotopic (exact) mass is 196 g/mol. The molecule has 1 aliphatic rings. The standard InChI is InChI=1S/C12H24N2/c1-5-6-7-11(2)14-9-8-13(4)12(3)10-14/h12H,2,5-10H2,1,3-4H3. The van der Waals surface area contributed by atoms with Crippen LogP contribution in [0.5, 0.6) is 0 Å². The van der Waals surface area contributed by atoms with Crippen molar-refractivity contribution in [2.45, 2.75) is 39.2 Å². The maximum atomic E-state index is 4.18. The average molecular weight is 196 g/mol. The highest BCUT2D eigenvalue weighted by Gasteiger charge is 2.20. The Kier molecular flexibility index (Phi) is 4.46. The first-order chi connectivity index (χ1) is 6.65. The van der Waals surface area contributed by atoms with Crippen LogP contribution in [0.3, 0.4) is 0 Å². The van der Waals surface area contributed by atoms with Crippen LogP contribution in [0.25, 0.3) is 0 Å². The lowest BCUT2D eigenvalue weighted by atomic mass is 10.1. The fraction of sp³-hybridized carbons (Fsp3) is 0.833. The Balaban J connectivity index is 2.34. The molecular formula is C12H24N2. The molecule has 0 aliphatic carbocycles. The molecule has 0 aromatic carbocycles. The van der Waals surface area contributed by atoms with Crippen LogP contribution in [-0.4, -0.2) is 42.5 Å². The van der Waals surface area contributed by atoms with E-state index >= 15 is 0 Å². The quantitative estimate of drug-likeness (QED) is 0.681. The van der Waals surface area contributed by atoms with Crippen LogP contribution in [0.4, 0.5) is 0 Å². The normalized spacial score (nSPS) is 23.9. The summed E-state index contributed by atoms with van der Waals surface area (Å²) < 4.78 is 0. The van der Waals surface area contributed by atoms with Crippen molar-refractivity contribution in [1.82, 2.24) is 9.80 Å². The van der Waals surface area contributed by atoms with E-state index in [1.165, 1.54) is 31.5 Å². The number of likely N-dealkylation sites (N-methyl/N-ethyl adjacent to an activating group) is 1. The molecule has 1 heterocycles. The third-order valence-corrected chi connectivity index (χ3v) is 3.23. The molecule has 0 radical (unpaired) electrons. The van der Waals surface area contributed by atoms with Gasteiger partial charge in [0.1, 0.15) is 0 Å². The van der Waals surface area contributed by atoms with Gasteiger partial charge in [0.05, 0.1) is 0 Å². The van der Waals surface area contributed by atoms with Gasteiger partial charge in [0, 0.05) is 31.4 Å². The van der Waals surface area contributed by atoms with E-state index in [2.05, 4.69) is 37.3 Å². The maximum Gasteiger partial charge on any atom is 0.0328 e. The molecule has 0 saturated carbocycles. The molecule has 0 N–H and O–H groups in total. The first kappa shape index (κ1) is 11.6. The van der Waals surface area contributed by atoms with E-state index in [4.69, 9.17) is 0 Å². The molecule has 1 rings (SSSR count). The van der Waals surface area contributed by atoms with E-state index in [0.29, 0.717) is 6.04 Å². The number of nitrogens with zero attached hydrogens (tertiary/aromatic N) is 2. The number of unbranched alkanes of at least 4 members (excludes halogenated alkanes) is 1. The summed E-state index contributed by atoms with van der Waals surface area (Å²) in [6.45, 7) is 12.2. The number of allylic oxidation sites excluding steroid dienone is 1. The summed E-state index contributed by atoms with van der Waals surface area (Å²) in [6.07, 6.45) is 3.72. The smallest absolute Gasteiger partial charge is 0.0328 e. The van der Waals surface area contributed by atoms with Gasteiger partial charge >= 0.3 is 0 Å². The molecule has 14 heavy (non-hydrogen) atoms. The molecule has 0 amide bonds. The first-order valence-corrected chi connectivity index (χ1v) is 5.78. The Labute approximate surface area is 88.6 Å². The Morgan fingerprint density at radius 2 is 2.14 bits per heavy atom. The van der Waals surface area contributed by atoms with Gasteiger partial charge < -0.3 is 9.80 Å². The van der Waals surface area contributed by atoms with Gasteiger partial charge in [0.25, 0.3) is 0 Å². The molecule has 1 atom stereocenters. The average Bonchev–Trinajstić information content (AvgIpc) is 2.18. The molecular weight excluding hydrogens is 172 g/mol. The lowest BCUT2D eigenvalue weighted by Gasteiger charge is -2.39. The minimum Gasteiger partial charge on any atom is -0.372 e. The van der Waals surface area contributed by atoms with Crippen molar-refractivity contribution >= 4 is 0 Å². The third kappa shape index (κ3) is 3.02. The van der Waals surface area contributed by atoms with E-state index in [1.54, 1.807) is 0 Å². The van der Waals surface area contributed by atoms with E-state index in [1.807, 2.05) is 0 Å². The lowest BCUT2D eigenvalue weighted by Crippen LogP contribution is -2.49. The Morgan fingerprint density at radius 3 is 2.71 bits per heavy atom. The molecule has 82 valence electrons. The zero-order valence-corrected chi connectivity index (χ0v) is 9.92. The summed E-state index contributed by atoms with van der Waals surface area (Å²) in [4.78, 5) is 4.88. The van der Waals surface area contributed by atoms with Gasteiger partial charge in [-0.3, -0.25) is 0 Å². The van der Waals surface area contributed by atoms with Crippen molar-refractivity contribution < 1.29 is 0 Å². The molecule has 0 aromatic heterocycles. The second-order valence-corrected chi connectivity index (χ2v) is 4.45. The Hall–Kier alpha value is -0.500. The SMILES string of the molecule is C=C(CCCC)N1CCN(C)C(C)C1. The third-order valence-electron chi connectivity index (χ3n) is 3.23. The Morgan fingerprint density at radius 1 is 1.43 bits per heavy atom. The second-order valence-electron chi connectivity index (χ2n) is 4.45. The van der Waals surface area contributed by atoms with E-state index < -0.39 is 0 Å². The predicted octanol–water partition coefficient (Wildman–Crippen LogP) is 2.33. The number of hydrogen-bond donors (Lipinski definition) is 0. The summed E-state index contributed by atoms with van der Waals surface area (Å²) in [6, 6.07) is 0.669. The van der Waals surface area contributed by atoms with E-state index in [9.17, 15) is 0 Å². The highest BCUT2D eigenvalue weighted by molar-refractivity contribution is 4.97. The van der Waals surface area contributed by atoms with Crippen molar-refractivity contribution in [3.63, 3.8) is 0 Å². The fourth-order valence-electron chi connectivity index (χ4n) is 1.87. The summed E-state index contributed by atoms with van der Waals surface area (Å²) in [5.74, 6) is 0. The van der Waals surface area contributed by atoms with Gasteiger partial charge in [-0.2, -0.15) is 0 Å². The molecule has 1 aliphatic heterocycles. The van der Waals surface area contributed by atoms with Gasteiger partial charge in [0.2, 0.25) is 0 Å². The van der Waals surface area contributed by atoms with Gasteiger partial charge in [0.15, 0.2) is 0 Å². The van der Waals surface area contributed by atoms with Crippen molar-refractivity contribution in [1.29, 1.82) is 0 Å². The van der Waals surface area contributed by atoms with Crippen LogP contribution < -0.4 is 0 Å². The largest absolute Gasteiger partial charge is 0.372 e. The van der Waals surface area contributed by atoms with Crippen LogP contribution >= 0.6 is 0 Å². The molecule has 0 bridgehead atoms. The van der Waals surface area contributed by atoms with Crippen LogP contribution in [0.1, 0.15) is 33.1 Å². The van der Waals surface area contributed by atoms with Crippen LogP contribution in [-0.2, 0) is 0 Å². The fourth-order valence-corrected chi connectivity index (χ4v) is 1.87. The number of rotatable bonds is 4. The van der Waals surface area contributed by atoms with Crippen LogP contribution in [0.15, 0.2) is 12.3 Å². The first-order valence-electron chi connectivity index (χ1n) is 5.78. The van der Waals surface area contributed by atoms with E-state index in [0.717, 1.165) is 13.1 Å².